The highest BCUT2D eigenvalue weighted by Crippen LogP contribution is 2.29. The van der Waals surface area contributed by atoms with E-state index in [1.165, 1.54) is 29.4 Å². The molecule has 0 fully saturated rings. The highest BCUT2D eigenvalue weighted by Gasteiger charge is 2.02. The van der Waals surface area contributed by atoms with Crippen LogP contribution in [0.15, 0.2) is 33.3 Å². The molecule has 6 heteroatoms. The first kappa shape index (κ1) is 8.93. The molecule has 2 heterocycles. The zero-order chi connectivity index (χ0) is 9.10. The van der Waals surface area contributed by atoms with Gasteiger partial charge in [-0.05, 0) is 17.8 Å². The molecule has 0 amide bonds. The van der Waals surface area contributed by atoms with Crippen molar-refractivity contribution >= 4 is 34.7 Å². The van der Waals surface area contributed by atoms with Gasteiger partial charge < -0.3 is 0 Å². The monoisotopic (exact) mass is 229 g/mol. The van der Waals surface area contributed by atoms with Gasteiger partial charge in [0.1, 0.15) is 16.5 Å². The van der Waals surface area contributed by atoms with Gasteiger partial charge in [-0.15, -0.1) is 11.3 Å². The molecular formula is C7H4ClN3S2. The molecule has 0 aromatic carbocycles. The number of hydrogen-bond donors (Lipinski definition) is 0. The largest absolute Gasteiger partial charge is 0.245 e. The fraction of sp³-hybridized carbons (Fsp3) is 0. The Labute approximate surface area is 88.2 Å². The minimum Gasteiger partial charge on any atom is -0.245 e. The first-order valence-corrected chi connectivity index (χ1v) is 5.47. The van der Waals surface area contributed by atoms with Gasteiger partial charge in [0.25, 0.3) is 0 Å². The van der Waals surface area contributed by atoms with Gasteiger partial charge in [0.2, 0.25) is 0 Å². The zero-order valence-electron chi connectivity index (χ0n) is 6.35. The van der Waals surface area contributed by atoms with Crippen molar-refractivity contribution in [1.29, 1.82) is 0 Å². The summed E-state index contributed by atoms with van der Waals surface area (Å²) >= 11 is 8.66. The predicted octanol–water partition coefficient (Wildman–Crippen LogP) is 2.74. The van der Waals surface area contributed by atoms with Crippen LogP contribution in [0.1, 0.15) is 0 Å². The van der Waals surface area contributed by atoms with Crippen LogP contribution < -0.4 is 0 Å². The lowest BCUT2D eigenvalue weighted by atomic mass is 10.7. The van der Waals surface area contributed by atoms with Crippen LogP contribution in [0.4, 0.5) is 0 Å². The van der Waals surface area contributed by atoms with Gasteiger partial charge in [0, 0.05) is 11.6 Å². The van der Waals surface area contributed by atoms with E-state index in [2.05, 4.69) is 15.0 Å². The van der Waals surface area contributed by atoms with Crippen molar-refractivity contribution < 1.29 is 0 Å². The molecule has 0 bridgehead atoms. The van der Waals surface area contributed by atoms with Crippen molar-refractivity contribution in [2.24, 2.45) is 0 Å². The van der Waals surface area contributed by atoms with E-state index in [1.54, 1.807) is 11.6 Å². The third-order valence-electron chi connectivity index (χ3n) is 1.20. The second-order valence-electron chi connectivity index (χ2n) is 2.09. The smallest absolute Gasteiger partial charge is 0.157 e. The summed E-state index contributed by atoms with van der Waals surface area (Å²) < 4.78 is 0.892. The lowest BCUT2D eigenvalue weighted by Gasteiger charge is -1.92. The maximum Gasteiger partial charge on any atom is 0.157 e. The summed E-state index contributed by atoms with van der Waals surface area (Å²) in [6.45, 7) is 0. The van der Waals surface area contributed by atoms with Crippen LogP contribution in [0, 0.1) is 0 Å². The molecule has 3 nitrogen and oxygen atoms in total. The summed E-state index contributed by atoms with van der Waals surface area (Å²) in [6.07, 6.45) is 3.21. The molecule has 2 aromatic heterocycles. The van der Waals surface area contributed by atoms with E-state index >= 15 is 0 Å². The topological polar surface area (TPSA) is 38.7 Å². The van der Waals surface area contributed by atoms with Crippen LogP contribution >= 0.6 is 34.7 Å². The maximum atomic E-state index is 5.68. The van der Waals surface area contributed by atoms with Crippen LogP contribution in [0.25, 0.3) is 0 Å². The van der Waals surface area contributed by atoms with Gasteiger partial charge in [-0.3, -0.25) is 0 Å². The number of nitrogens with zero attached hydrogens (tertiary/aromatic N) is 3. The van der Waals surface area contributed by atoms with Crippen molar-refractivity contribution in [2.75, 3.05) is 0 Å². The highest BCUT2D eigenvalue weighted by molar-refractivity contribution is 8.01. The summed E-state index contributed by atoms with van der Waals surface area (Å²) in [5, 5.41) is 3.20. The molecule has 0 spiro atoms. The summed E-state index contributed by atoms with van der Waals surface area (Å²) in [6, 6.07) is 1.83. The van der Waals surface area contributed by atoms with Crippen molar-refractivity contribution in [1.82, 2.24) is 15.0 Å². The molecule has 66 valence electrons. The van der Waals surface area contributed by atoms with Crippen molar-refractivity contribution in [2.45, 2.75) is 9.37 Å². The summed E-state index contributed by atoms with van der Waals surface area (Å²) in [5.74, 6) is 0. The molecular weight excluding hydrogens is 226 g/mol. The zero-order valence-corrected chi connectivity index (χ0v) is 8.73. The first-order valence-electron chi connectivity index (χ1n) is 3.39. The second kappa shape index (κ2) is 4.04. The molecule has 0 aliphatic heterocycles. The Bertz CT molecular complexity index is 390. The molecule has 0 N–H and O–H groups in total. The molecule has 0 aliphatic rings. The fourth-order valence-corrected chi connectivity index (χ4v) is 2.58. The third-order valence-corrected chi connectivity index (χ3v) is 3.41. The SMILES string of the molecule is Clc1csc(Sc2ccncn2)n1. The number of hydrogen-bond acceptors (Lipinski definition) is 5. The van der Waals surface area contributed by atoms with E-state index < -0.39 is 0 Å². The number of aromatic nitrogens is 3. The molecule has 0 saturated heterocycles. The Kier molecular flexibility index (Phi) is 2.77. The standard InChI is InChI=1S/C7H4ClN3S2/c8-5-3-12-7(11-5)13-6-1-2-9-4-10-6/h1-4H. The van der Waals surface area contributed by atoms with E-state index in [0.717, 1.165) is 9.37 Å². The lowest BCUT2D eigenvalue weighted by molar-refractivity contribution is 1.04. The van der Waals surface area contributed by atoms with Gasteiger partial charge in [-0.25, -0.2) is 15.0 Å². The summed E-state index contributed by atoms with van der Waals surface area (Å²) in [4.78, 5) is 12.0. The van der Waals surface area contributed by atoms with Gasteiger partial charge in [0.05, 0.1) is 0 Å². The quantitative estimate of drug-likeness (QED) is 0.743. The van der Waals surface area contributed by atoms with E-state index in [4.69, 9.17) is 11.6 Å². The molecule has 0 unspecified atom stereocenters. The van der Waals surface area contributed by atoms with Crippen LogP contribution in [-0.4, -0.2) is 15.0 Å². The van der Waals surface area contributed by atoms with E-state index in [9.17, 15) is 0 Å². The minimum atomic E-state index is 0.529. The van der Waals surface area contributed by atoms with Gasteiger partial charge in [0.15, 0.2) is 4.34 Å². The normalized spacial score (nSPS) is 10.2. The average molecular weight is 230 g/mol. The van der Waals surface area contributed by atoms with Crippen LogP contribution in [0.2, 0.25) is 5.15 Å². The molecule has 0 aliphatic carbocycles. The predicted molar refractivity (Wildman–Crippen MR) is 53.3 cm³/mol. The Hall–Kier alpha value is -0.650. The van der Waals surface area contributed by atoms with E-state index in [1.807, 2.05) is 6.07 Å². The Morgan fingerprint density at radius 3 is 3.00 bits per heavy atom. The summed E-state index contributed by atoms with van der Waals surface area (Å²) in [5.41, 5.74) is 0. The maximum absolute atomic E-state index is 5.68. The average Bonchev–Trinajstić information content (AvgIpc) is 2.53. The third kappa shape index (κ3) is 2.40. The molecule has 0 radical (unpaired) electrons. The summed E-state index contributed by atoms with van der Waals surface area (Å²) in [7, 11) is 0. The second-order valence-corrected chi connectivity index (χ2v) is 4.60. The number of thiazole rings is 1. The number of rotatable bonds is 2. The molecule has 13 heavy (non-hydrogen) atoms. The van der Waals surface area contributed by atoms with Gasteiger partial charge >= 0.3 is 0 Å². The highest BCUT2D eigenvalue weighted by atomic mass is 35.5. The fourth-order valence-electron chi connectivity index (χ4n) is 0.714. The van der Waals surface area contributed by atoms with Gasteiger partial charge in [-0.2, -0.15) is 0 Å². The van der Waals surface area contributed by atoms with E-state index in [0.29, 0.717) is 5.15 Å². The van der Waals surface area contributed by atoms with Crippen molar-refractivity contribution in [3.05, 3.63) is 29.1 Å². The van der Waals surface area contributed by atoms with Crippen molar-refractivity contribution in [3.8, 4) is 0 Å². The van der Waals surface area contributed by atoms with E-state index in [-0.39, 0.29) is 0 Å². The molecule has 2 rings (SSSR count). The molecule has 0 saturated carbocycles. The lowest BCUT2D eigenvalue weighted by Crippen LogP contribution is -1.79. The van der Waals surface area contributed by atoms with Crippen LogP contribution in [0.5, 0.6) is 0 Å². The van der Waals surface area contributed by atoms with Gasteiger partial charge in [-0.1, -0.05) is 11.6 Å². The Morgan fingerprint density at radius 2 is 2.38 bits per heavy atom. The Balaban J connectivity index is 2.15. The van der Waals surface area contributed by atoms with Crippen LogP contribution in [0.3, 0.4) is 0 Å². The Morgan fingerprint density at radius 1 is 1.46 bits per heavy atom. The van der Waals surface area contributed by atoms with Crippen molar-refractivity contribution in [3.63, 3.8) is 0 Å². The first-order chi connectivity index (χ1) is 6.34. The molecule has 0 atom stereocenters. The molecule has 2 aromatic rings. The minimum absolute atomic E-state index is 0.529. The number of halogens is 1. The van der Waals surface area contributed by atoms with Crippen LogP contribution in [-0.2, 0) is 0 Å².